The van der Waals surface area contributed by atoms with Gasteiger partial charge in [-0.25, -0.2) is 9.78 Å². The number of fused-ring (bicyclic) bond motifs is 3. The first kappa shape index (κ1) is 13.3. The fourth-order valence-electron chi connectivity index (χ4n) is 2.36. The molecule has 0 fully saturated rings. The van der Waals surface area contributed by atoms with Crippen molar-refractivity contribution in [1.29, 1.82) is 0 Å². The summed E-state index contributed by atoms with van der Waals surface area (Å²) >= 11 is 0. The van der Waals surface area contributed by atoms with Crippen molar-refractivity contribution in [3.05, 3.63) is 24.5 Å². The molecule has 0 aromatic carbocycles. The minimum absolute atomic E-state index is 0.297. The van der Waals surface area contributed by atoms with Crippen LogP contribution in [0.3, 0.4) is 0 Å². The van der Waals surface area contributed by atoms with Crippen LogP contribution in [0, 0.1) is 5.92 Å². The molecule has 2 N–H and O–H groups in total. The number of carboxylic acid groups (broad SMARTS) is 1. The lowest BCUT2D eigenvalue weighted by molar-refractivity contribution is 0.209. The van der Waals surface area contributed by atoms with Crippen molar-refractivity contribution in [3.8, 4) is 0 Å². The van der Waals surface area contributed by atoms with E-state index in [2.05, 4.69) is 34.1 Å². The summed E-state index contributed by atoms with van der Waals surface area (Å²) in [6.45, 7) is 4.77. The number of carbonyl (C=O) groups is 1. The Kier molecular flexibility index (Phi) is 3.17. The molecule has 0 bridgehead atoms. The molecule has 0 aliphatic rings. The number of anilines is 1. The van der Waals surface area contributed by atoms with Gasteiger partial charge in [0.1, 0.15) is 11.0 Å². The Morgan fingerprint density at radius 1 is 1.38 bits per heavy atom. The van der Waals surface area contributed by atoms with Gasteiger partial charge in [0.25, 0.3) is 0 Å². The van der Waals surface area contributed by atoms with Gasteiger partial charge in [-0.05, 0) is 18.1 Å². The van der Waals surface area contributed by atoms with Gasteiger partial charge in [0.2, 0.25) is 5.95 Å². The number of hydrogen-bond donors (Lipinski definition) is 2. The molecule has 21 heavy (non-hydrogen) atoms. The predicted molar refractivity (Wildman–Crippen MR) is 79.3 cm³/mol. The Hall–Kier alpha value is -2.70. The Labute approximate surface area is 120 Å². The normalized spacial score (nSPS) is 11.4. The van der Waals surface area contributed by atoms with E-state index in [1.54, 1.807) is 12.4 Å². The highest BCUT2D eigenvalue weighted by atomic mass is 16.4. The summed E-state index contributed by atoms with van der Waals surface area (Å²) in [6.07, 6.45) is 2.20. The maximum Gasteiger partial charge on any atom is 0.411 e. The summed E-state index contributed by atoms with van der Waals surface area (Å²) in [4.78, 5) is 24.0. The summed E-state index contributed by atoms with van der Waals surface area (Å²) in [6, 6.07) is 3.69. The Morgan fingerprint density at radius 3 is 2.90 bits per heavy atom. The van der Waals surface area contributed by atoms with Crippen LogP contribution in [0.4, 0.5) is 10.7 Å². The van der Waals surface area contributed by atoms with E-state index in [0.717, 1.165) is 16.6 Å². The second kappa shape index (κ2) is 5.01. The Balaban J connectivity index is 2.33. The fourth-order valence-corrected chi connectivity index (χ4v) is 2.36. The first-order valence-electron chi connectivity index (χ1n) is 6.66. The zero-order valence-corrected chi connectivity index (χ0v) is 11.7. The number of pyridine rings is 2. The maximum atomic E-state index is 11.0. The van der Waals surface area contributed by atoms with Crippen LogP contribution in [-0.4, -0.2) is 30.7 Å². The van der Waals surface area contributed by atoms with E-state index < -0.39 is 6.09 Å². The smallest absolute Gasteiger partial charge is 0.411 e. The van der Waals surface area contributed by atoms with Crippen molar-refractivity contribution in [3.63, 3.8) is 0 Å². The predicted octanol–water partition coefficient (Wildman–Crippen LogP) is 2.73. The molecule has 0 saturated heterocycles. The van der Waals surface area contributed by atoms with Crippen LogP contribution in [0.15, 0.2) is 24.5 Å². The number of nitrogens with one attached hydrogen (secondary N) is 1. The summed E-state index contributed by atoms with van der Waals surface area (Å²) in [5.41, 5.74) is 2.92. The van der Waals surface area contributed by atoms with Gasteiger partial charge in [0.05, 0.1) is 17.2 Å². The zero-order valence-electron chi connectivity index (χ0n) is 11.7. The second-order valence-corrected chi connectivity index (χ2v) is 5.23. The van der Waals surface area contributed by atoms with Crippen molar-refractivity contribution in [1.82, 2.24) is 19.5 Å². The quantitative estimate of drug-likeness (QED) is 0.771. The third-order valence-electron chi connectivity index (χ3n) is 3.10. The number of amides is 1. The maximum absolute atomic E-state index is 11.0. The van der Waals surface area contributed by atoms with E-state index in [0.29, 0.717) is 23.9 Å². The van der Waals surface area contributed by atoms with Crippen molar-refractivity contribution in [2.75, 3.05) is 5.32 Å². The van der Waals surface area contributed by atoms with Gasteiger partial charge in [-0.1, -0.05) is 13.8 Å². The van der Waals surface area contributed by atoms with Crippen molar-refractivity contribution >= 4 is 34.1 Å². The van der Waals surface area contributed by atoms with Gasteiger partial charge < -0.3 is 9.67 Å². The Morgan fingerprint density at radius 2 is 2.19 bits per heavy atom. The molecule has 0 saturated carbocycles. The largest absolute Gasteiger partial charge is 0.465 e. The van der Waals surface area contributed by atoms with E-state index in [9.17, 15) is 4.79 Å². The van der Waals surface area contributed by atoms with Gasteiger partial charge in [0, 0.05) is 12.7 Å². The second-order valence-electron chi connectivity index (χ2n) is 5.23. The summed E-state index contributed by atoms with van der Waals surface area (Å²) < 4.78 is 1.85. The van der Waals surface area contributed by atoms with Crippen LogP contribution >= 0.6 is 0 Å². The van der Waals surface area contributed by atoms with Crippen LogP contribution in [0.25, 0.3) is 22.1 Å². The molecule has 0 unspecified atom stereocenters. The molecule has 0 aliphatic heterocycles. The average molecular weight is 285 g/mol. The molecule has 1 amide bonds. The van der Waals surface area contributed by atoms with E-state index in [4.69, 9.17) is 5.11 Å². The number of hydrogen-bond acceptors (Lipinski definition) is 4. The highest BCUT2D eigenvalue weighted by Gasteiger charge is 2.17. The van der Waals surface area contributed by atoms with Crippen LogP contribution in [0.2, 0.25) is 0 Å². The molecule has 0 aliphatic carbocycles. The highest BCUT2D eigenvalue weighted by molar-refractivity contribution is 6.01. The molecule has 0 radical (unpaired) electrons. The molecule has 3 aromatic rings. The summed E-state index contributed by atoms with van der Waals surface area (Å²) in [7, 11) is 0. The van der Waals surface area contributed by atoms with Gasteiger partial charge in [-0.15, -0.1) is 0 Å². The SMILES string of the molecule is CC(C)Cn1c(NC(=O)O)nc2cnc3cccnc3c21. The molecule has 0 spiro atoms. The van der Waals surface area contributed by atoms with Gasteiger partial charge in [-0.3, -0.25) is 15.3 Å². The van der Waals surface area contributed by atoms with Crippen LogP contribution in [0.5, 0.6) is 0 Å². The van der Waals surface area contributed by atoms with E-state index in [1.807, 2.05) is 16.7 Å². The molecular formula is C14H15N5O2. The van der Waals surface area contributed by atoms with E-state index in [-0.39, 0.29) is 0 Å². The third kappa shape index (κ3) is 2.37. The molecule has 7 nitrogen and oxygen atoms in total. The van der Waals surface area contributed by atoms with E-state index >= 15 is 0 Å². The topological polar surface area (TPSA) is 92.9 Å². The van der Waals surface area contributed by atoms with Crippen molar-refractivity contribution in [2.45, 2.75) is 20.4 Å². The molecular weight excluding hydrogens is 270 g/mol. The number of aromatic nitrogens is 4. The summed E-state index contributed by atoms with van der Waals surface area (Å²) in [5, 5.41) is 11.3. The van der Waals surface area contributed by atoms with Crippen LogP contribution < -0.4 is 5.32 Å². The molecule has 3 aromatic heterocycles. The standard InChI is InChI=1S/C14H15N5O2/c1-8(2)7-19-12-10(17-13(19)18-14(20)21)6-16-9-4-3-5-15-11(9)12/h3-6,8H,7H2,1-2H3,(H,17,18)(H,20,21). The minimum atomic E-state index is -1.14. The molecule has 3 rings (SSSR count). The lowest BCUT2D eigenvalue weighted by atomic mass is 10.2. The summed E-state index contributed by atoms with van der Waals surface area (Å²) in [5.74, 6) is 0.634. The van der Waals surface area contributed by atoms with Crippen LogP contribution in [-0.2, 0) is 6.54 Å². The number of imidazole rings is 1. The highest BCUT2D eigenvalue weighted by Crippen LogP contribution is 2.26. The molecule has 7 heteroatoms. The lowest BCUT2D eigenvalue weighted by Gasteiger charge is -2.11. The molecule has 3 heterocycles. The third-order valence-corrected chi connectivity index (χ3v) is 3.10. The molecule has 0 atom stereocenters. The van der Waals surface area contributed by atoms with Gasteiger partial charge in [-0.2, -0.15) is 0 Å². The van der Waals surface area contributed by atoms with Crippen LogP contribution in [0.1, 0.15) is 13.8 Å². The molecule has 108 valence electrons. The van der Waals surface area contributed by atoms with Gasteiger partial charge in [0.15, 0.2) is 0 Å². The first-order chi connectivity index (χ1) is 10.1. The van der Waals surface area contributed by atoms with Crippen molar-refractivity contribution in [2.24, 2.45) is 5.92 Å². The van der Waals surface area contributed by atoms with Crippen molar-refractivity contribution < 1.29 is 9.90 Å². The lowest BCUT2D eigenvalue weighted by Crippen LogP contribution is -2.15. The first-order valence-corrected chi connectivity index (χ1v) is 6.66. The minimum Gasteiger partial charge on any atom is -0.465 e. The van der Waals surface area contributed by atoms with Gasteiger partial charge >= 0.3 is 6.09 Å². The average Bonchev–Trinajstić information content (AvgIpc) is 2.75. The number of rotatable bonds is 3. The van der Waals surface area contributed by atoms with E-state index in [1.165, 1.54) is 0 Å². The zero-order chi connectivity index (χ0) is 15.0. The fraction of sp³-hybridized carbons (Fsp3) is 0.286. The monoisotopic (exact) mass is 285 g/mol. The Bertz CT molecular complexity index is 825. The number of nitrogens with zero attached hydrogens (tertiary/aromatic N) is 4.